The van der Waals surface area contributed by atoms with Gasteiger partial charge in [-0.25, -0.2) is 0 Å². The van der Waals surface area contributed by atoms with Gasteiger partial charge in [0.25, 0.3) is 0 Å². The standard InChI is InChI=1S/C12H20N2O2/c15-12(11-2-1-7-16-11)13-10-8-14-5-3-9(10)4-6-14/h9-11H,1-8H2,(H,13,15). The minimum Gasteiger partial charge on any atom is -0.368 e. The van der Waals surface area contributed by atoms with Crippen molar-refractivity contribution in [2.45, 2.75) is 37.8 Å². The molecule has 0 aromatic carbocycles. The molecule has 0 aromatic heterocycles. The molecule has 1 amide bonds. The van der Waals surface area contributed by atoms with E-state index in [0.29, 0.717) is 12.0 Å². The number of hydrogen-bond donors (Lipinski definition) is 1. The van der Waals surface area contributed by atoms with E-state index < -0.39 is 0 Å². The van der Waals surface area contributed by atoms with Gasteiger partial charge in [-0.05, 0) is 44.7 Å². The van der Waals surface area contributed by atoms with Crippen LogP contribution >= 0.6 is 0 Å². The number of hydrogen-bond acceptors (Lipinski definition) is 3. The minimum absolute atomic E-state index is 0.122. The molecule has 4 aliphatic heterocycles. The smallest absolute Gasteiger partial charge is 0.249 e. The maximum atomic E-state index is 11.9. The van der Waals surface area contributed by atoms with Gasteiger partial charge in [0.15, 0.2) is 0 Å². The maximum absolute atomic E-state index is 11.9. The van der Waals surface area contributed by atoms with Crippen LogP contribution in [0.25, 0.3) is 0 Å². The Morgan fingerprint density at radius 3 is 2.62 bits per heavy atom. The summed E-state index contributed by atoms with van der Waals surface area (Å²) in [4.78, 5) is 14.4. The largest absolute Gasteiger partial charge is 0.368 e. The number of rotatable bonds is 2. The molecule has 0 aliphatic carbocycles. The summed E-state index contributed by atoms with van der Waals surface area (Å²) in [7, 11) is 0. The molecule has 4 fully saturated rings. The monoisotopic (exact) mass is 224 g/mol. The van der Waals surface area contributed by atoms with Crippen LogP contribution in [0.2, 0.25) is 0 Å². The predicted molar refractivity (Wildman–Crippen MR) is 60.1 cm³/mol. The van der Waals surface area contributed by atoms with Gasteiger partial charge in [0.05, 0.1) is 0 Å². The van der Waals surface area contributed by atoms with Crippen LogP contribution < -0.4 is 5.32 Å². The molecule has 4 rings (SSSR count). The Morgan fingerprint density at radius 2 is 2.06 bits per heavy atom. The molecule has 2 unspecified atom stereocenters. The van der Waals surface area contributed by atoms with Gasteiger partial charge in [-0.15, -0.1) is 0 Å². The van der Waals surface area contributed by atoms with Gasteiger partial charge in [-0.2, -0.15) is 0 Å². The summed E-state index contributed by atoms with van der Waals surface area (Å²) in [6, 6.07) is 0.374. The molecule has 4 nitrogen and oxygen atoms in total. The molecule has 0 radical (unpaired) electrons. The van der Waals surface area contributed by atoms with Crippen LogP contribution in [0.15, 0.2) is 0 Å². The first-order valence-corrected chi connectivity index (χ1v) is 6.47. The molecule has 2 atom stereocenters. The van der Waals surface area contributed by atoms with E-state index in [0.717, 1.165) is 26.0 Å². The third kappa shape index (κ3) is 1.96. The molecule has 4 saturated heterocycles. The highest BCUT2D eigenvalue weighted by atomic mass is 16.5. The number of amides is 1. The van der Waals surface area contributed by atoms with Crippen LogP contribution in [0.3, 0.4) is 0 Å². The zero-order valence-corrected chi connectivity index (χ0v) is 9.65. The first kappa shape index (κ1) is 10.5. The van der Waals surface area contributed by atoms with E-state index in [1.54, 1.807) is 0 Å². The lowest BCUT2D eigenvalue weighted by Gasteiger charge is -2.45. The molecule has 2 bridgehead atoms. The van der Waals surface area contributed by atoms with Crippen LogP contribution in [0, 0.1) is 5.92 Å². The van der Waals surface area contributed by atoms with Crippen LogP contribution in [-0.2, 0) is 9.53 Å². The van der Waals surface area contributed by atoms with Crippen molar-refractivity contribution >= 4 is 5.91 Å². The molecule has 0 saturated carbocycles. The van der Waals surface area contributed by atoms with E-state index in [-0.39, 0.29) is 12.0 Å². The number of piperidine rings is 3. The third-order valence-corrected chi connectivity index (χ3v) is 4.21. The summed E-state index contributed by atoms with van der Waals surface area (Å²) in [5.74, 6) is 0.826. The number of nitrogens with one attached hydrogen (secondary N) is 1. The zero-order valence-electron chi connectivity index (χ0n) is 9.65. The van der Waals surface area contributed by atoms with Gasteiger partial charge >= 0.3 is 0 Å². The summed E-state index contributed by atoms with van der Waals surface area (Å²) in [6.45, 7) is 4.23. The Labute approximate surface area is 96.3 Å². The minimum atomic E-state index is -0.171. The van der Waals surface area contributed by atoms with Gasteiger partial charge < -0.3 is 15.0 Å². The first-order valence-electron chi connectivity index (χ1n) is 6.47. The number of carbonyl (C=O) groups excluding carboxylic acids is 1. The molecule has 1 N–H and O–H groups in total. The van der Waals surface area contributed by atoms with Gasteiger partial charge in [0.2, 0.25) is 5.91 Å². The Bertz CT molecular complexity index is 268. The second-order valence-corrected chi connectivity index (χ2v) is 5.25. The second-order valence-electron chi connectivity index (χ2n) is 5.25. The Hall–Kier alpha value is -0.610. The van der Waals surface area contributed by atoms with Crippen molar-refractivity contribution in [3.63, 3.8) is 0 Å². The van der Waals surface area contributed by atoms with Crippen molar-refractivity contribution in [3.05, 3.63) is 0 Å². The van der Waals surface area contributed by atoms with Crippen LogP contribution in [0.1, 0.15) is 25.7 Å². The molecule has 4 heterocycles. The van der Waals surface area contributed by atoms with E-state index in [1.165, 1.54) is 25.9 Å². The van der Waals surface area contributed by atoms with Gasteiger partial charge in [-0.1, -0.05) is 0 Å². The fraction of sp³-hybridized carbons (Fsp3) is 0.917. The predicted octanol–water partition coefficient (Wildman–Crippen LogP) is 0.376. The average molecular weight is 224 g/mol. The van der Waals surface area contributed by atoms with Gasteiger partial charge in [-0.3, -0.25) is 4.79 Å². The molecule has 0 aromatic rings. The summed E-state index contributed by atoms with van der Waals surface area (Å²) < 4.78 is 5.41. The van der Waals surface area contributed by atoms with E-state index in [9.17, 15) is 4.79 Å². The van der Waals surface area contributed by atoms with Crippen molar-refractivity contribution in [2.75, 3.05) is 26.2 Å². The van der Waals surface area contributed by atoms with Gasteiger partial charge in [0, 0.05) is 19.2 Å². The highest BCUT2D eigenvalue weighted by Crippen LogP contribution is 2.27. The topological polar surface area (TPSA) is 41.6 Å². The normalized spacial score (nSPS) is 42.2. The Kier molecular flexibility index (Phi) is 2.86. The average Bonchev–Trinajstić information content (AvgIpc) is 2.84. The van der Waals surface area contributed by atoms with Crippen LogP contribution in [-0.4, -0.2) is 49.2 Å². The van der Waals surface area contributed by atoms with Crippen molar-refractivity contribution in [1.29, 1.82) is 0 Å². The molecule has 90 valence electrons. The van der Waals surface area contributed by atoms with Gasteiger partial charge in [0.1, 0.15) is 6.10 Å². The van der Waals surface area contributed by atoms with Crippen LogP contribution in [0.5, 0.6) is 0 Å². The Morgan fingerprint density at radius 1 is 1.25 bits per heavy atom. The number of ether oxygens (including phenoxy) is 1. The summed E-state index contributed by atoms with van der Waals surface area (Å²) >= 11 is 0. The van der Waals surface area contributed by atoms with E-state index in [4.69, 9.17) is 4.74 Å². The molecule has 16 heavy (non-hydrogen) atoms. The summed E-state index contributed by atoms with van der Waals surface area (Å²) in [5, 5.41) is 3.19. The van der Waals surface area contributed by atoms with Crippen molar-refractivity contribution in [2.24, 2.45) is 5.92 Å². The van der Waals surface area contributed by atoms with Crippen molar-refractivity contribution < 1.29 is 9.53 Å². The lowest BCUT2D eigenvalue weighted by Crippen LogP contribution is -2.58. The molecule has 4 aliphatic rings. The molecule has 0 spiro atoms. The SMILES string of the molecule is O=C(NC1CN2CCC1CC2)C1CCCO1. The van der Waals surface area contributed by atoms with E-state index >= 15 is 0 Å². The number of carbonyl (C=O) groups is 1. The van der Waals surface area contributed by atoms with Crippen LogP contribution in [0.4, 0.5) is 0 Å². The summed E-state index contributed by atoms with van der Waals surface area (Å²) in [6.07, 6.45) is 4.24. The first-order chi connectivity index (χ1) is 7.83. The Balaban J connectivity index is 1.56. The quantitative estimate of drug-likeness (QED) is 0.737. The van der Waals surface area contributed by atoms with E-state index in [2.05, 4.69) is 10.2 Å². The molecular formula is C12H20N2O2. The third-order valence-electron chi connectivity index (χ3n) is 4.21. The highest BCUT2D eigenvalue weighted by molar-refractivity contribution is 5.81. The van der Waals surface area contributed by atoms with Crippen molar-refractivity contribution in [1.82, 2.24) is 10.2 Å². The molecule has 4 heteroatoms. The highest BCUT2D eigenvalue weighted by Gasteiger charge is 2.36. The van der Waals surface area contributed by atoms with E-state index in [1.807, 2.05) is 0 Å². The lowest BCUT2D eigenvalue weighted by molar-refractivity contribution is -0.132. The zero-order chi connectivity index (χ0) is 11.0. The fourth-order valence-electron chi connectivity index (χ4n) is 3.19. The maximum Gasteiger partial charge on any atom is 0.249 e. The number of nitrogens with zero attached hydrogens (tertiary/aromatic N) is 1. The lowest BCUT2D eigenvalue weighted by atomic mass is 9.84. The fourth-order valence-corrected chi connectivity index (χ4v) is 3.19. The summed E-state index contributed by atoms with van der Waals surface area (Å²) in [5.41, 5.74) is 0. The second kappa shape index (κ2) is 4.34. The molecular weight excluding hydrogens is 204 g/mol. The number of fused-ring (bicyclic) bond motifs is 3. The van der Waals surface area contributed by atoms with Crippen molar-refractivity contribution in [3.8, 4) is 0 Å².